The van der Waals surface area contributed by atoms with Crippen LogP contribution in [0.5, 0.6) is 0 Å². The molecular weight excluding hydrogens is 202 g/mol. The number of thiophene rings is 1. The molecule has 1 nitrogen and oxygen atoms in total. The van der Waals surface area contributed by atoms with Crippen molar-refractivity contribution in [1.82, 2.24) is 0 Å². The fourth-order valence-corrected chi connectivity index (χ4v) is 3.35. The molecule has 0 bridgehead atoms. The molecule has 0 radical (unpaired) electrons. The van der Waals surface area contributed by atoms with Gasteiger partial charge in [-0.3, -0.25) is 0 Å². The highest BCUT2D eigenvalue weighted by atomic mass is 35.5. The highest BCUT2D eigenvalue weighted by molar-refractivity contribution is 7.10. The number of hydrogen-bond donors (Lipinski definition) is 1. The van der Waals surface area contributed by atoms with E-state index in [1.54, 1.807) is 11.3 Å². The summed E-state index contributed by atoms with van der Waals surface area (Å²) in [5.41, 5.74) is 6.17. The first-order valence-corrected chi connectivity index (χ1v) is 6.03. The van der Waals surface area contributed by atoms with Gasteiger partial charge in [-0.15, -0.1) is 11.3 Å². The summed E-state index contributed by atoms with van der Waals surface area (Å²) in [6.45, 7) is 0. The van der Waals surface area contributed by atoms with Gasteiger partial charge in [-0.1, -0.05) is 24.4 Å². The summed E-state index contributed by atoms with van der Waals surface area (Å²) < 4.78 is 0. The summed E-state index contributed by atoms with van der Waals surface area (Å²) in [6, 6.07) is 2.12. The Morgan fingerprint density at radius 3 is 2.69 bits per heavy atom. The van der Waals surface area contributed by atoms with E-state index in [4.69, 9.17) is 17.3 Å². The fraction of sp³-hybridized carbons (Fsp3) is 0.600. The average molecular weight is 216 g/mol. The van der Waals surface area contributed by atoms with Gasteiger partial charge in [0.2, 0.25) is 0 Å². The Bertz CT molecular complexity index is 278. The van der Waals surface area contributed by atoms with Crippen LogP contribution in [0.3, 0.4) is 0 Å². The van der Waals surface area contributed by atoms with Crippen molar-refractivity contribution in [2.45, 2.75) is 31.7 Å². The van der Waals surface area contributed by atoms with E-state index in [1.807, 2.05) is 11.4 Å². The molecule has 1 aliphatic carbocycles. The Morgan fingerprint density at radius 2 is 2.15 bits per heavy atom. The number of rotatable bonds is 2. The fourth-order valence-electron chi connectivity index (χ4n) is 2.07. The summed E-state index contributed by atoms with van der Waals surface area (Å²) in [4.78, 5) is 1.17. The van der Waals surface area contributed by atoms with Crippen LogP contribution in [0.15, 0.2) is 11.4 Å². The van der Waals surface area contributed by atoms with Crippen molar-refractivity contribution in [3.63, 3.8) is 0 Å². The third-order valence-corrected chi connectivity index (χ3v) is 4.32. The molecule has 2 rings (SSSR count). The molecule has 13 heavy (non-hydrogen) atoms. The van der Waals surface area contributed by atoms with E-state index in [-0.39, 0.29) is 6.04 Å². The highest BCUT2D eigenvalue weighted by Gasteiger charge is 2.25. The van der Waals surface area contributed by atoms with Crippen LogP contribution in [0.2, 0.25) is 5.02 Å². The molecule has 1 aromatic heterocycles. The Hall–Kier alpha value is -0.0500. The minimum atomic E-state index is 0.176. The predicted molar refractivity (Wildman–Crippen MR) is 58.2 cm³/mol. The highest BCUT2D eigenvalue weighted by Crippen LogP contribution is 2.38. The molecule has 72 valence electrons. The lowest BCUT2D eigenvalue weighted by Gasteiger charge is -2.17. The summed E-state index contributed by atoms with van der Waals surface area (Å²) >= 11 is 7.73. The van der Waals surface area contributed by atoms with Crippen molar-refractivity contribution in [3.05, 3.63) is 21.3 Å². The molecule has 1 aromatic rings. The maximum atomic E-state index is 6.17. The van der Waals surface area contributed by atoms with Crippen molar-refractivity contribution in [3.8, 4) is 0 Å². The van der Waals surface area contributed by atoms with E-state index < -0.39 is 0 Å². The zero-order valence-electron chi connectivity index (χ0n) is 7.50. The molecule has 0 aliphatic heterocycles. The standard InChI is InChI=1S/C10H14ClNS/c11-8-5-6-13-10(8)9(12)7-3-1-2-4-7/h5-7,9H,1-4,12H2. The normalized spacial score (nSPS) is 20.8. The smallest absolute Gasteiger partial charge is 0.0561 e. The van der Waals surface area contributed by atoms with Crippen LogP contribution in [0.1, 0.15) is 36.6 Å². The molecule has 3 heteroatoms. The van der Waals surface area contributed by atoms with E-state index in [9.17, 15) is 0 Å². The molecule has 1 heterocycles. The van der Waals surface area contributed by atoms with Crippen LogP contribution < -0.4 is 5.73 Å². The second-order valence-electron chi connectivity index (χ2n) is 3.70. The molecule has 1 unspecified atom stereocenters. The van der Waals surface area contributed by atoms with Crippen molar-refractivity contribution >= 4 is 22.9 Å². The predicted octanol–water partition coefficient (Wildman–Crippen LogP) is 3.59. The molecule has 1 fully saturated rings. The first kappa shape index (κ1) is 9.50. The molecule has 1 saturated carbocycles. The summed E-state index contributed by atoms with van der Waals surface area (Å²) in [6.07, 6.45) is 5.22. The molecule has 0 aromatic carbocycles. The lowest BCUT2D eigenvalue weighted by atomic mass is 9.98. The Morgan fingerprint density at radius 1 is 1.46 bits per heavy atom. The van der Waals surface area contributed by atoms with Gasteiger partial charge in [0.15, 0.2) is 0 Å². The van der Waals surface area contributed by atoms with Gasteiger partial charge in [-0.05, 0) is 30.2 Å². The minimum Gasteiger partial charge on any atom is -0.323 e. The Kier molecular flexibility index (Phi) is 2.92. The topological polar surface area (TPSA) is 26.0 Å². The van der Waals surface area contributed by atoms with E-state index in [0.717, 1.165) is 5.02 Å². The lowest BCUT2D eigenvalue weighted by Crippen LogP contribution is -2.18. The second-order valence-corrected chi connectivity index (χ2v) is 5.06. The maximum absolute atomic E-state index is 6.17. The van der Waals surface area contributed by atoms with E-state index >= 15 is 0 Å². The summed E-state index contributed by atoms with van der Waals surface area (Å²) in [7, 11) is 0. The van der Waals surface area contributed by atoms with Gasteiger partial charge in [0.05, 0.1) is 5.02 Å². The SMILES string of the molecule is NC(c1sccc1Cl)C1CCCC1. The van der Waals surface area contributed by atoms with Crippen LogP contribution in [-0.4, -0.2) is 0 Å². The van der Waals surface area contributed by atoms with Crippen molar-refractivity contribution in [1.29, 1.82) is 0 Å². The van der Waals surface area contributed by atoms with Crippen LogP contribution in [0, 0.1) is 5.92 Å². The van der Waals surface area contributed by atoms with Crippen LogP contribution in [0.25, 0.3) is 0 Å². The van der Waals surface area contributed by atoms with Gasteiger partial charge in [-0.2, -0.15) is 0 Å². The van der Waals surface area contributed by atoms with Crippen LogP contribution in [-0.2, 0) is 0 Å². The Labute approximate surface area is 87.9 Å². The lowest BCUT2D eigenvalue weighted by molar-refractivity contribution is 0.450. The monoisotopic (exact) mass is 215 g/mol. The van der Waals surface area contributed by atoms with E-state index in [1.165, 1.54) is 30.6 Å². The zero-order valence-corrected chi connectivity index (χ0v) is 9.07. The van der Waals surface area contributed by atoms with E-state index in [2.05, 4.69) is 0 Å². The van der Waals surface area contributed by atoms with Crippen molar-refractivity contribution < 1.29 is 0 Å². The first-order chi connectivity index (χ1) is 6.29. The van der Waals surface area contributed by atoms with E-state index in [0.29, 0.717) is 5.92 Å². The van der Waals surface area contributed by atoms with Gasteiger partial charge in [0.1, 0.15) is 0 Å². The number of halogens is 1. The molecule has 0 spiro atoms. The Balaban J connectivity index is 2.12. The molecule has 0 saturated heterocycles. The average Bonchev–Trinajstić information content (AvgIpc) is 2.72. The third kappa shape index (κ3) is 1.90. The quantitative estimate of drug-likeness (QED) is 0.802. The van der Waals surface area contributed by atoms with Crippen molar-refractivity contribution in [2.75, 3.05) is 0 Å². The minimum absolute atomic E-state index is 0.176. The van der Waals surface area contributed by atoms with Gasteiger partial charge >= 0.3 is 0 Å². The zero-order chi connectivity index (χ0) is 9.26. The van der Waals surface area contributed by atoms with Gasteiger partial charge in [-0.25, -0.2) is 0 Å². The molecule has 1 atom stereocenters. The molecule has 2 N–H and O–H groups in total. The largest absolute Gasteiger partial charge is 0.323 e. The van der Waals surface area contributed by atoms with Crippen molar-refractivity contribution in [2.24, 2.45) is 11.7 Å². The molecule has 1 aliphatic rings. The number of hydrogen-bond acceptors (Lipinski definition) is 2. The van der Waals surface area contributed by atoms with Gasteiger partial charge < -0.3 is 5.73 Å². The molecule has 0 amide bonds. The van der Waals surface area contributed by atoms with Gasteiger partial charge in [0, 0.05) is 10.9 Å². The van der Waals surface area contributed by atoms with Crippen LogP contribution >= 0.6 is 22.9 Å². The maximum Gasteiger partial charge on any atom is 0.0561 e. The molecular formula is C10H14ClNS. The summed E-state index contributed by atoms with van der Waals surface area (Å²) in [5, 5.41) is 2.87. The number of nitrogens with two attached hydrogens (primary N) is 1. The summed E-state index contributed by atoms with van der Waals surface area (Å²) in [5.74, 6) is 0.663. The second kappa shape index (κ2) is 3.99. The first-order valence-electron chi connectivity index (χ1n) is 4.77. The van der Waals surface area contributed by atoms with Crippen LogP contribution in [0.4, 0.5) is 0 Å². The third-order valence-electron chi connectivity index (χ3n) is 2.86. The van der Waals surface area contributed by atoms with Gasteiger partial charge in [0.25, 0.3) is 0 Å².